The number of carbonyl (C=O) groups is 2. The molecule has 45 heavy (non-hydrogen) atoms. The van der Waals surface area contributed by atoms with Crippen molar-refractivity contribution in [1.82, 2.24) is 9.97 Å². The van der Waals surface area contributed by atoms with E-state index in [0.717, 1.165) is 42.0 Å². The quantitative estimate of drug-likeness (QED) is 0.152. The van der Waals surface area contributed by atoms with Gasteiger partial charge in [0.25, 0.3) is 0 Å². The predicted molar refractivity (Wildman–Crippen MR) is 179 cm³/mol. The molecule has 0 unspecified atom stereocenters. The number of aliphatic carboxylic acids is 2. The molecule has 0 radical (unpaired) electrons. The molecule has 0 saturated heterocycles. The molecule has 2 aromatic heterocycles. The van der Waals surface area contributed by atoms with Crippen molar-refractivity contribution in [3.05, 3.63) is 129 Å². The summed E-state index contributed by atoms with van der Waals surface area (Å²) < 4.78 is 0. The van der Waals surface area contributed by atoms with Crippen molar-refractivity contribution < 1.29 is 39.3 Å². The van der Waals surface area contributed by atoms with Gasteiger partial charge in [-0.15, -0.1) is 22.7 Å². The van der Waals surface area contributed by atoms with Crippen LogP contribution in [0.15, 0.2) is 109 Å². The van der Waals surface area contributed by atoms with E-state index < -0.39 is 11.9 Å². The van der Waals surface area contributed by atoms with Crippen molar-refractivity contribution in [1.29, 1.82) is 0 Å². The van der Waals surface area contributed by atoms with Gasteiger partial charge in [0.1, 0.15) is 10.0 Å². The minimum absolute atomic E-state index is 0. The molecule has 0 aliphatic rings. The van der Waals surface area contributed by atoms with Crippen LogP contribution < -0.4 is 0 Å². The smallest absolute Gasteiger partial charge is 0.308 e. The van der Waals surface area contributed by atoms with E-state index >= 15 is 0 Å². The molecule has 6 nitrogen and oxygen atoms in total. The standard InChI is InChI=1S/2C17H12ClNO2S.Zn/c2*18-13-8-6-11(7-9-13)16-14(10-15(20)21)22-17(19-16)12-4-2-1-3-5-12;/h2*1-9H,10H2,(H,20,21);. The Hall–Kier alpha value is -3.72. The Balaban J connectivity index is 0.000000200. The van der Waals surface area contributed by atoms with E-state index in [0.29, 0.717) is 21.4 Å². The third kappa shape index (κ3) is 9.16. The molecular formula is C34H24Cl2N2O4S2Zn. The van der Waals surface area contributed by atoms with Crippen LogP contribution in [-0.4, -0.2) is 32.1 Å². The maximum atomic E-state index is 11.1. The van der Waals surface area contributed by atoms with Crippen LogP contribution in [0.25, 0.3) is 43.7 Å². The summed E-state index contributed by atoms with van der Waals surface area (Å²) in [5.41, 5.74) is 5.14. The van der Waals surface area contributed by atoms with E-state index in [4.69, 9.17) is 33.4 Å². The third-order valence-electron chi connectivity index (χ3n) is 6.30. The van der Waals surface area contributed by atoms with E-state index in [9.17, 15) is 9.59 Å². The molecule has 0 amide bonds. The summed E-state index contributed by atoms with van der Waals surface area (Å²) in [7, 11) is 0. The summed E-state index contributed by atoms with van der Waals surface area (Å²) in [5, 5.41) is 21.2. The zero-order valence-electron chi connectivity index (χ0n) is 23.7. The summed E-state index contributed by atoms with van der Waals surface area (Å²) >= 11 is 14.7. The Morgan fingerprint density at radius 3 is 1.18 bits per heavy atom. The fourth-order valence-electron chi connectivity index (χ4n) is 4.29. The van der Waals surface area contributed by atoms with Gasteiger partial charge in [-0.25, -0.2) is 9.97 Å². The first-order chi connectivity index (χ1) is 21.3. The number of rotatable bonds is 8. The summed E-state index contributed by atoms with van der Waals surface area (Å²) in [6, 6.07) is 34.1. The summed E-state index contributed by atoms with van der Waals surface area (Å²) in [4.78, 5) is 33.0. The van der Waals surface area contributed by atoms with Crippen molar-refractivity contribution in [2.45, 2.75) is 12.8 Å². The first-order valence-corrected chi connectivity index (χ1v) is 15.7. The second-order valence-corrected chi connectivity index (χ2v) is 12.5. The first kappa shape index (κ1) is 34.2. The Bertz CT molecular complexity index is 1740. The van der Waals surface area contributed by atoms with Crippen LogP contribution in [0.5, 0.6) is 0 Å². The molecule has 222 valence electrons. The average Bonchev–Trinajstić information content (AvgIpc) is 3.63. The van der Waals surface area contributed by atoms with Gasteiger partial charge in [0.2, 0.25) is 0 Å². The van der Waals surface area contributed by atoms with Crippen LogP contribution in [0, 0.1) is 0 Å². The van der Waals surface area contributed by atoms with Gasteiger partial charge >= 0.3 is 11.9 Å². The van der Waals surface area contributed by atoms with E-state index in [1.165, 1.54) is 22.7 Å². The van der Waals surface area contributed by atoms with Crippen LogP contribution in [-0.2, 0) is 41.9 Å². The average molecular weight is 725 g/mol. The number of nitrogens with zero attached hydrogens (tertiary/aromatic N) is 2. The molecule has 0 saturated carbocycles. The maximum absolute atomic E-state index is 11.1. The second-order valence-electron chi connectivity index (χ2n) is 9.47. The number of hydrogen-bond donors (Lipinski definition) is 2. The van der Waals surface area contributed by atoms with Gasteiger partial charge in [-0.2, -0.15) is 0 Å². The number of aromatic nitrogens is 2. The molecule has 0 atom stereocenters. The minimum Gasteiger partial charge on any atom is -0.481 e. The largest absolute Gasteiger partial charge is 0.481 e. The van der Waals surface area contributed by atoms with Crippen molar-refractivity contribution in [2.24, 2.45) is 0 Å². The number of hydrogen-bond acceptors (Lipinski definition) is 6. The Labute approximate surface area is 290 Å². The van der Waals surface area contributed by atoms with E-state index in [2.05, 4.69) is 9.97 Å². The topological polar surface area (TPSA) is 100 Å². The zero-order valence-corrected chi connectivity index (χ0v) is 29.8. The van der Waals surface area contributed by atoms with E-state index in [1.54, 1.807) is 24.3 Å². The molecule has 6 aromatic rings. The number of carboxylic acids is 2. The Morgan fingerprint density at radius 2 is 0.867 bits per heavy atom. The fraction of sp³-hybridized carbons (Fsp3) is 0.0588. The van der Waals surface area contributed by atoms with E-state index in [1.807, 2.05) is 84.9 Å². The number of carboxylic acid groups (broad SMARTS) is 2. The summed E-state index contributed by atoms with van der Waals surface area (Å²) in [6.07, 6.45) is -0.0785. The van der Waals surface area contributed by atoms with Crippen LogP contribution in [0.2, 0.25) is 10.0 Å². The van der Waals surface area contributed by atoms with Crippen molar-refractivity contribution >= 4 is 57.8 Å². The Kier molecular flexibility index (Phi) is 12.2. The molecule has 0 bridgehead atoms. The van der Waals surface area contributed by atoms with Crippen LogP contribution in [0.3, 0.4) is 0 Å². The molecule has 4 aromatic carbocycles. The Morgan fingerprint density at radius 1 is 0.533 bits per heavy atom. The van der Waals surface area contributed by atoms with E-state index in [-0.39, 0.29) is 32.3 Å². The molecular weight excluding hydrogens is 701 g/mol. The number of thiazole rings is 2. The molecule has 11 heteroatoms. The van der Waals surface area contributed by atoms with Gasteiger partial charge in [0.05, 0.1) is 24.2 Å². The molecule has 2 N–H and O–H groups in total. The van der Waals surface area contributed by atoms with Gasteiger partial charge in [-0.05, 0) is 24.3 Å². The number of halogens is 2. The third-order valence-corrected chi connectivity index (χ3v) is 9.01. The van der Waals surface area contributed by atoms with Crippen LogP contribution in [0.1, 0.15) is 9.75 Å². The van der Waals surface area contributed by atoms with Gasteiger partial charge in [-0.1, -0.05) is 108 Å². The monoisotopic (exact) mass is 722 g/mol. The SMILES string of the molecule is O=C(O)Cc1sc(-c2ccccc2)nc1-c1ccc(Cl)cc1.O=C(O)Cc1sc(-c2ccccc2)nc1-c1ccc(Cl)cc1.[Zn]. The molecule has 0 spiro atoms. The second kappa shape index (κ2) is 16.0. The molecule has 6 rings (SSSR count). The van der Waals surface area contributed by atoms with Gasteiger partial charge in [0, 0.05) is 61.5 Å². The van der Waals surface area contributed by atoms with Crippen molar-refractivity contribution in [3.8, 4) is 43.7 Å². The van der Waals surface area contributed by atoms with Gasteiger partial charge in [0.15, 0.2) is 0 Å². The van der Waals surface area contributed by atoms with Crippen molar-refractivity contribution in [2.75, 3.05) is 0 Å². The molecule has 0 fully saturated rings. The van der Waals surface area contributed by atoms with Gasteiger partial charge < -0.3 is 10.2 Å². The normalized spacial score (nSPS) is 10.4. The van der Waals surface area contributed by atoms with Crippen LogP contribution >= 0.6 is 45.9 Å². The number of benzene rings is 4. The summed E-state index contributed by atoms with van der Waals surface area (Å²) in [6.45, 7) is 0. The first-order valence-electron chi connectivity index (χ1n) is 13.3. The zero-order chi connectivity index (χ0) is 31.1. The molecule has 2 heterocycles. The summed E-state index contributed by atoms with van der Waals surface area (Å²) in [5.74, 6) is -1.73. The van der Waals surface area contributed by atoms with Crippen molar-refractivity contribution in [3.63, 3.8) is 0 Å². The van der Waals surface area contributed by atoms with Gasteiger partial charge in [-0.3, -0.25) is 9.59 Å². The fourth-order valence-corrected chi connectivity index (χ4v) is 6.70. The molecule has 0 aliphatic heterocycles. The maximum Gasteiger partial charge on any atom is 0.308 e. The molecule has 0 aliphatic carbocycles. The predicted octanol–water partition coefficient (Wildman–Crippen LogP) is 9.51. The minimum atomic E-state index is -0.863. The van der Waals surface area contributed by atoms with Crippen LogP contribution in [0.4, 0.5) is 0 Å².